The number of ether oxygens (including phenoxy) is 1. The summed E-state index contributed by atoms with van der Waals surface area (Å²) in [5.74, 6) is -1.49. The second-order valence-electron chi connectivity index (χ2n) is 7.03. The van der Waals surface area contributed by atoms with E-state index >= 15 is 0 Å². The van der Waals surface area contributed by atoms with Gasteiger partial charge in [-0.3, -0.25) is 4.79 Å². The average molecular weight is 438 g/mol. The van der Waals surface area contributed by atoms with Crippen molar-refractivity contribution in [1.29, 1.82) is 0 Å². The van der Waals surface area contributed by atoms with Crippen LogP contribution in [0, 0.1) is 17.6 Å². The molecule has 9 heteroatoms. The molecule has 1 amide bonds. The number of hydrogen-bond acceptors (Lipinski definition) is 4. The van der Waals surface area contributed by atoms with E-state index in [2.05, 4.69) is 5.32 Å². The highest BCUT2D eigenvalue weighted by Crippen LogP contribution is 2.25. The van der Waals surface area contributed by atoms with E-state index in [-0.39, 0.29) is 42.2 Å². The van der Waals surface area contributed by atoms with Crippen molar-refractivity contribution in [2.45, 2.75) is 24.2 Å². The maximum Gasteiger partial charge on any atom is 0.245 e. The fourth-order valence-corrected chi connectivity index (χ4v) is 4.86. The van der Waals surface area contributed by atoms with Crippen LogP contribution in [0.3, 0.4) is 0 Å². The number of nitrogens with zero attached hydrogens (tertiary/aromatic N) is 1. The standard InChI is InChI=1S/C21H24F2N2O4S/c22-17-6-1-3-8-19(17)29-15-5-12-24-21(26)16-10-13-25(14-11-16)30(27,28)20-9-4-2-7-18(20)23/h1-4,6-9,16H,5,10-15H2,(H,24,26). The molecule has 0 unspecified atom stereocenters. The molecule has 0 spiro atoms. The number of amides is 1. The summed E-state index contributed by atoms with van der Waals surface area (Å²) in [5, 5.41) is 2.81. The molecule has 1 aliphatic heterocycles. The lowest BCUT2D eigenvalue weighted by Crippen LogP contribution is -2.43. The Hall–Kier alpha value is -2.52. The first-order chi connectivity index (χ1) is 14.4. The maximum atomic E-state index is 13.9. The molecule has 0 atom stereocenters. The summed E-state index contributed by atoms with van der Waals surface area (Å²) in [6.07, 6.45) is 1.25. The quantitative estimate of drug-likeness (QED) is 0.643. The van der Waals surface area contributed by atoms with Gasteiger partial charge in [0, 0.05) is 25.6 Å². The van der Waals surface area contributed by atoms with Crippen molar-refractivity contribution in [1.82, 2.24) is 9.62 Å². The van der Waals surface area contributed by atoms with Crippen LogP contribution in [0.15, 0.2) is 53.4 Å². The molecule has 0 aromatic heterocycles. The van der Waals surface area contributed by atoms with E-state index in [1.807, 2.05) is 0 Å². The van der Waals surface area contributed by atoms with Gasteiger partial charge in [0.05, 0.1) is 6.61 Å². The van der Waals surface area contributed by atoms with E-state index in [0.29, 0.717) is 25.8 Å². The fraction of sp³-hybridized carbons (Fsp3) is 0.381. The molecule has 3 rings (SSSR count). The largest absolute Gasteiger partial charge is 0.490 e. The fourth-order valence-electron chi connectivity index (χ4n) is 3.32. The zero-order chi connectivity index (χ0) is 21.6. The highest BCUT2D eigenvalue weighted by molar-refractivity contribution is 7.89. The highest BCUT2D eigenvalue weighted by atomic mass is 32.2. The third-order valence-electron chi connectivity index (χ3n) is 4.99. The first-order valence-corrected chi connectivity index (χ1v) is 11.2. The summed E-state index contributed by atoms with van der Waals surface area (Å²) in [4.78, 5) is 12.0. The lowest BCUT2D eigenvalue weighted by molar-refractivity contribution is -0.126. The predicted molar refractivity (Wildman–Crippen MR) is 107 cm³/mol. The van der Waals surface area contributed by atoms with Crippen LogP contribution in [0.2, 0.25) is 0 Å². The van der Waals surface area contributed by atoms with E-state index in [9.17, 15) is 22.0 Å². The van der Waals surface area contributed by atoms with Gasteiger partial charge >= 0.3 is 0 Å². The lowest BCUT2D eigenvalue weighted by atomic mass is 9.97. The number of halogens is 2. The monoisotopic (exact) mass is 438 g/mol. The Labute approximate surface area is 174 Å². The summed E-state index contributed by atoms with van der Waals surface area (Å²) in [6, 6.07) is 11.4. The molecule has 2 aromatic rings. The Kier molecular flexibility index (Phi) is 7.38. The van der Waals surface area contributed by atoms with Crippen LogP contribution >= 0.6 is 0 Å². The molecule has 0 bridgehead atoms. The minimum atomic E-state index is -3.92. The van der Waals surface area contributed by atoms with Crippen molar-refractivity contribution >= 4 is 15.9 Å². The van der Waals surface area contributed by atoms with Crippen molar-refractivity contribution in [2.24, 2.45) is 5.92 Å². The first kappa shape index (κ1) is 22.2. The van der Waals surface area contributed by atoms with E-state index in [1.54, 1.807) is 12.1 Å². The van der Waals surface area contributed by atoms with Gasteiger partial charge in [0.1, 0.15) is 10.7 Å². The van der Waals surface area contributed by atoms with Crippen LogP contribution in [0.25, 0.3) is 0 Å². The van der Waals surface area contributed by atoms with Crippen molar-refractivity contribution in [2.75, 3.05) is 26.2 Å². The Balaban J connectivity index is 1.41. The molecule has 162 valence electrons. The minimum Gasteiger partial charge on any atom is -0.490 e. The highest BCUT2D eigenvalue weighted by Gasteiger charge is 2.33. The third kappa shape index (κ3) is 5.34. The summed E-state index contributed by atoms with van der Waals surface area (Å²) in [7, 11) is -3.92. The van der Waals surface area contributed by atoms with Gasteiger partial charge in [0.25, 0.3) is 0 Å². The zero-order valence-electron chi connectivity index (χ0n) is 16.4. The molecule has 0 radical (unpaired) electrons. The van der Waals surface area contributed by atoms with Gasteiger partial charge in [-0.1, -0.05) is 24.3 Å². The van der Waals surface area contributed by atoms with E-state index < -0.39 is 21.7 Å². The summed E-state index contributed by atoms with van der Waals surface area (Å²) in [6.45, 7) is 0.956. The topological polar surface area (TPSA) is 75.7 Å². The predicted octanol–water partition coefficient (Wildman–Crippen LogP) is 2.95. The smallest absolute Gasteiger partial charge is 0.245 e. The number of rotatable bonds is 8. The van der Waals surface area contributed by atoms with Crippen molar-refractivity contribution in [3.63, 3.8) is 0 Å². The first-order valence-electron chi connectivity index (χ1n) is 9.79. The number of nitrogens with one attached hydrogen (secondary N) is 1. The third-order valence-corrected chi connectivity index (χ3v) is 6.93. The van der Waals surface area contributed by atoms with Gasteiger partial charge in [-0.2, -0.15) is 4.31 Å². The van der Waals surface area contributed by atoms with E-state index in [4.69, 9.17) is 4.74 Å². The van der Waals surface area contributed by atoms with Crippen LogP contribution < -0.4 is 10.1 Å². The minimum absolute atomic E-state index is 0.149. The Morgan fingerprint density at radius 1 is 1.03 bits per heavy atom. The molecule has 0 aliphatic carbocycles. The molecule has 0 saturated carbocycles. The Bertz CT molecular complexity index is 976. The molecule has 1 N–H and O–H groups in total. The van der Waals surface area contributed by atoms with Crippen LogP contribution in [0.5, 0.6) is 5.75 Å². The summed E-state index contributed by atoms with van der Waals surface area (Å²) < 4.78 is 59.1. The second kappa shape index (κ2) is 9.99. The number of benzene rings is 2. The number of hydrogen-bond donors (Lipinski definition) is 1. The van der Waals surface area contributed by atoms with E-state index in [1.165, 1.54) is 34.6 Å². The molecule has 6 nitrogen and oxygen atoms in total. The second-order valence-corrected chi connectivity index (χ2v) is 8.94. The van der Waals surface area contributed by atoms with Gasteiger partial charge in [0.15, 0.2) is 11.6 Å². The zero-order valence-corrected chi connectivity index (χ0v) is 17.2. The van der Waals surface area contributed by atoms with Gasteiger partial charge in [-0.05, 0) is 43.5 Å². The Morgan fingerprint density at radius 3 is 2.33 bits per heavy atom. The molecular formula is C21H24F2N2O4S. The Morgan fingerprint density at radius 2 is 1.67 bits per heavy atom. The number of sulfonamides is 1. The number of carbonyl (C=O) groups excluding carboxylic acids is 1. The summed E-state index contributed by atoms with van der Waals surface area (Å²) >= 11 is 0. The number of carbonyl (C=O) groups is 1. The van der Waals surface area contributed by atoms with Gasteiger partial charge in [-0.15, -0.1) is 0 Å². The number of para-hydroxylation sites is 1. The SMILES string of the molecule is O=C(NCCCOc1ccccc1F)C1CCN(S(=O)(=O)c2ccccc2F)CC1. The molecular weight excluding hydrogens is 414 g/mol. The van der Waals surface area contributed by atoms with Crippen LogP contribution in [0.4, 0.5) is 8.78 Å². The molecule has 1 heterocycles. The van der Waals surface area contributed by atoms with Gasteiger partial charge in [0.2, 0.25) is 15.9 Å². The van der Waals surface area contributed by atoms with Crippen molar-refractivity contribution < 1.29 is 26.7 Å². The lowest BCUT2D eigenvalue weighted by Gasteiger charge is -2.30. The van der Waals surface area contributed by atoms with Crippen LogP contribution in [-0.4, -0.2) is 44.9 Å². The van der Waals surface area contributed by atoms with Crippen molar-refractivity contribution in [3.05, 3.63) is 60.2 Å². The molecule has 2 aromatic carbocycles. The molecule has 30 heavy (non-hydrogen) atoms. The van der Waals surface area contributed by atoms with Gasteiger partial charge in [-0.25, -0.2) is 17.2 Å². The van der Waals surface area contributed by atoms with E-state index in [0.717, 1.165) is 6.07 Å². The maximum absolute atomic E-state index is 13.9. The molecule has 1 fully saturated rings. The average Bonchev–Trinajstić information content (AvgIpc) is 2.75. The van der Waals surface area contributed by atoms with Crippen LogP contribution in [0.1, 0.15) is 19.3 Å². The van der Waals surface area contributed by atoms with Crippen LogP contribution in [-0.2, 0) is 14.8 Å². The molecule has 1 aliphatic rings. The molecule has 1 saturated heterocycles. The summed E-state index contributed by atoms with van der Waals surface area (Å²) in [5.41, 5.74) is 0. The van der Waals surface area contributed by atoms with Gasteiger partial charge < -0.3 is 10.1 Å². The van der Waals surface area contributed by atoms with Crippen molar-refractivity contribution in [3.8, 4) is 5.75 Å². The number of piperidine rings is 1. The normalized spacial score (nSPS) is 15.7.